The summed E-state index contributed by atoms with van der Waals surface area (Å²) in [5, 5.41) is 5.71. The van der Waals surface area contributed by atoms with Gasteiger partial charge in [0, 0.05) is 42.6 Å². The topological polar surface area (TPSA) is 9.86 Å². The lowest BCUT2D eigenvalue weighted by Gasteiger charge is -2.23. The van der Waals surface area contributed by atoms with E-state index in [2.05, 4.69) is 117 Å². The SMILES string of the molecule is CCCCCCCCC(CCCCCCC)n1c2cc(Br)ccc2c2cc3c(cc21)c1ccc(Br)cc1n3C(CCCCCCC)CCCCCCCC. The lowest BCUT2D eigenvalue weighted by atomic mass is 9.99. The molecule has 0 radical (unpaired) electrons. The fourth-order valence-corrected chi connectivity index (χ4v) is 10.1. The highest BCUT2D eigenvalue weighted by atomic mass is 79.9. The van der Waals surface area contributed by atoms with Crippen molar-refractivity contribution < 1.29 is 0 Å². The van der Waals surface area contributed by atoms with Crippen molar-refractivity contribution in [2.24, 2.45) is 0 Å². The first kappa shape index (κ1) is 43.3. The zero-order valence-electron chi connectivity index (χ0n) is 34.8. The zero-order valence-corrected chi connectivity index (χ0v) is 38.0. The number of hydrogen-bond acceptors (Lipinski definition) is 0. The summed E-state index contributed by atoms with van der Waals surface area (Å²) in [6.45, 7) is 9.31. The first-order chi connectivity index (χ1) is 26.5. The highest BCUT2D eigenvalue weighted by molar-refractivity contribution is 9.10. The number of benzene rings is 3. The second-order valence-corrected chi connectivity index (χ2v) is 18.6. The van der Waals surface area contributed by atoms with E-state index in [1.807, 2.05) is 0 Å². The van der Waals surface area contributed by atoms with Gasteiger partial charge in [-0.25, -0.2) is 0 Å². The average Bonchev–Trinajstić information content (AvgIpc) is 3.65. The van der Waals surface area contributed by atoms with Crippen molar-refractivity contribution in [2.45, 2.75) is 207 Å². The van der Waals surface area contributed by atoms with Crippen LogP contribution in [0.5, 0.6) is 0 Å². The molecule has 2 heterocycles. The molecule has 0 fully saturated rings. The molecule has 2 nitrogen and oxygen atoms in total. The van der Waals surface area contributed by atoms with Crippen molar-refractivity contribution >= 4 is 75.5 Å². The van der Waals surface area contributed by atoms with Crippen molar-refractivity contribution in [1.82, 2.24) is 9.13 Å². The predicted molar refractivity (Wildman–Crippen MR) is 249 cm³/mol. The van der Waals surface area contributed by atoms with Gasteiger partial charge in [-0.2, -0.15) is 0 Å². The Morgan fingerprint density at radius 3 is 0.944 bits per heavy atom. The van der Waals surface area contributed by atoms with Crippen molar-refractivity contribution in [3.05, 3.63) is 57.5 Å². The minimum Gasteiger partial charge on any atom is -0.337 e. The molecular weight excluding hydrogens is 788 g/mol. The number of nitrogens with zero attached hydrogens (tertiary/aromatic N) is 2. The van der Waals surface area contributed by atoms with Gasteiger partial charge in [0.25, 0.3) is 0 Å². The van der Waals surface area contributed by atoms with Crippen LogP contribution in [0.15, 0.2) is 57.5 Å². The first-order valence-electron chi connectivity index (χ1n) is 22.9. The van der Waals surface area contributed by atoms with Crippen LogP contribution < -0.4 is 0 Å². The van der Waals surface area contributed by atoms with Crippen LogP contribution in [0.1, 0.15) is 207 Å². The van der Waals surface area contributed by atoms with Crippen LogP contribution in [0.2, 0.25) is 0 Å². The van der Waals surface area contributed by atoms with Gasteiger partial charge < -0.3 is 9.13 Å². The molecule has 2 aromatic heterocycles. The minimum atomic E-state index is 0.524. The Balaban J connectivity index is 1.61. The van der Waals surface area contributed by atoms with E-state index in [1.165, 1.54) is 219 Å². The fourth-order valence-electron chi connectivity index (χ4n) is 9.41. The summed E-state index contributed by atoms with van der Waals surface area (Å²) in [7, 11) is 0. The lowest BCUT2D eigenvalue weighted by molar-refractivity contribution is 0.410. The molecule has 54 heavy (non-hydrogen) atoms. The Morgan fingerprint density at radius 2 is 0.630 bits per heavy atom. The summed E-state index contributed by atoms with van der Waals surface area (Å²) >= 11 is 7.82. The van der Waals surface area contributed by atoms with Gasteiger partial charge in [0.05, 0.1) is 22.1 Å². The Hall–Kier alpha value is -1.78. The van der Waals surface area contributed by atoms with Crippen molar-refractivity contribution in [2.75, 3.05) is 0 Å². The number of hydrogen-bond donors (Lipinski definition) is 0. The van der Waals surface area contributed by atoms with E-state index in [-0.39, 0.29) is 0 Å². The highest BCUT2D eigenvalue weighted by Gasteiger charge is 2.24. The van der Waals surface area contributed by atoms with E-state index in [0.717, 1.165) is 0 Å². The molecule has 0 aliphatic rings. The lowest BCUT2D eigenvalue weighted by Crippen LogP contribution is -2.10. The number of aromatic nitrogens is 2. The zero-order chi connectivity index (χ0) is 38.1. The molecule has 4 heteroatoms. The van der Waals surface area contributed by atoms with Crippen LogP contribution in [0, 0.1) is 0 Å². The third kappa shape index (κ3) is 11.6. The smallest absolute Gasteiger partial charge is 0.0505 e. The van der Waals surface area contributed by atoms with E-state index in [0.29, 0.717) is 12.1 Å². The van der Waals surface area contributed by atoms with Gasteiger partial charge in [-0.1, -0.05) is 213 Å². The Bertz CT molecular complexity index is 1700. The van der Waals surface area contributed by atoms with E-state index in [9.17, 15) is 0 Å². The van der Waals surface area contributed by atoms with Gasteiger partial charge in [-0.15, -0.1) is 0 Å². The summed E-state index contributed by atoms with van der Waals surface area (Å²) in [6.07, 6.45) is 34.8. The van der Waals surface area contributed by atoms with Crippen LogP contribution in [0.25, 0.3) is 43.6 Å². The second-order valence-electron chi connectivity index (χ2n) is 16.8. The predicted octanol–water partition coefficient (Wildman–Crippen LogP) is 18.7. The van der Waals surface area contributed by atoms with Crippen molar-refractivity contribution in [3.63, 3.8) is 0 Å². The van der Waals surface area contributed by atoms with Crippen molar-refractivity contribution in [1.29, 1.82) is 0 Å². The van der Waals surface area contributed by atoms with Crippen molar-refractivity contribution in [3.8, 4) is 0 Å². The van der Waals surface area contributed by atoms with Gasteiger partial charge in [0.15, 0.2) is 0 Å². The Labute approximate surface area is 346 Å². The molecule has 2 atom stereocenters. The fraction of sp³-hybridized carbons (Fsp3) is 0.640. The normalized spacial score (nSPS) is 13.3. The molecule has 5 rings (SSSR count). The van der Waals surface area contributed by atoms with E-state index in [4.69, 9.17) is 0 Å². The van der Waals surface area contributed by atoms with Crippen LogP contribution in [0.4, 0.5) is 0 Å². The van der Waals surface area contributed by atoms with Gasteiger partial charge in [-0.3, -0.25) is 0 Å². The standard InChI is InChI=1S/C50H74Br2N2/c1-5-9-13-17-21-25-29-41(27-23-19-15-11-7-3)53-47-35-39(51)31-33-43(47)45-38-50-46(37-49(45)53)44-34-32-40(52)36-48(44)54(50)42(28-24-20-16-12-8-4)30-26-22-18-14-10-6-2/h31-38,41-42H,5-30H2,1-4H3. The van der Waals surface area contributed by atoms with Gasteiger partial charge in [-0.05, 0) is 62.1 Å². The summed E-state index contributed by atoms with van der Waals surface area (Å²) in [4.78, 5) is 0. The maximum Gasteiger partial charge on any atom is 0.0505 e. The molecule has 3 aromatic carbocycles. The number of halogens is 2. The number of rotatable bonds is 28. The van der Waals surface area contributed by atoms with E-state index < -0.39 is 0 Å². The molecule has 0 saturated carbocycles. The summed E-state index contributed by atoms with van der Waals surface area (Å²) in [5.41, 5.74) is 5.70. The molecule has 5 aromatic rings. The molecule has 0 bridgehead atoms. The quantitative estimate of drug-likeness (QED) is 0.0444. The molecule has 2 unspecified atom stereocenters. The summed E-state index contributed by atoms with van der Waals surface area (Å²) in [5.74, 6) is 0. The molecular formula is C50H74Br2N2. The monoisotopic (exact) mass is 860 g/mol. The van der Waals surface area contributed by atoms with Gasteiger partial charge in [0.1, 0.15) is 0 Å². The largest absolute Gasteiger partial charge is 0.337 e. The highest BCUT2D eigenvalue weighted by Crippen LogP contribution is 2.43. The first-order valence-corrected chi connectivity index (χ1v) is 24.5. The number of unbranched alkanes of at least 4 members (excludes halogenated alkanes) is 18. The minimum absolute atomic E-state index is 0.524. The third-order valence-electron chi connectivity index (χ3n) is 12.4. The number of fused-ring (bicyclic) bond motifs is 6. The Morgan fingerprint density at radius 1 is 0.352 bits per heavy atom. The van der Waals surface area contributed by atoms with Crippen LogP contribution in [0.3, 0.4) is 0 Å². The van der Waals surface area contributed by atoms with E-state index >= 15 is 0 Å². The molecule has 0 amide bonds. The maximum atomic E-state index is 3.91. The maximum absolute atomic E-state index is 3.91. The molecule has 298 valence electrons. The average molecular weight is 863 g/mol. The summed E-state index contributed by atoms with van der Waals surface area (Å²) < 4.78 is 7.99. The van der Waals surface area contributed by atoms with Gasteiger partial charge >= 0.3 is 0 Å². The van der Waals surface area contributed by atoms with Crippen LogP contribution >= 0.6 is 31.9 Å². The van der Waals surface area contributed by atoms with Gasteiger partial charge in [0.2, 0.25) is 0 Å². The molecule has 0 aliphatic carbocycles. The third-order valence-corrected chi connectivity index (χ3v) is 13.4. The molecule has 0 spiro atoms. The van der Waals surface area contributed by atoms with Crippen LogP contribution in [-0.2, 0) is 0 Å². The molecule has 0 saturated heterocycles. The molecule has 0 N–H and O–H groups in total. The summed E-state index contributed by atoms with van der Waals surface area (Å²) in [6, 6.07) is 20.5. The van der Waals surface area contributed by atoms with Crippen LogP contribution in [-0.4, -0.2) is 9.13 Å². The van der Waals surface area contributed by atoms with E-state index in [1.54, 1.807) is 0 Å². The second kappa shape index (κ2) is 23.5. The Kier molecular flexibility index (Phi) is 18.8. The molecule has 0 aliphatic heterocycles.